The number of aryl methyl sites for hydroxylation is 1. The van der Waals surface area contributed by atoms with Gasteiger partial charge in [0.2, 0.25) is 5.75 Å². The Balaban J connectivity index is 1.29. The molecule has 40 heavy (non-hydrogen) atoms. The lowest BCUT2D eigenvalue weighted by Crippen LogP contribution is -2.34. The molecule has 0 aromatic heterocycles. The van der Waals surface area contributed by atoms with Crippen LogP contribution in [0.25, 0.3) is 0 Å². The van der Waals surface area contributed by atoms with Crippen molar-refractivity contribution in [2.75, 3.05) is 0 Å². The predicted octanol–water partition coefficient (Wildman–Crippen LogP) is 6.62. The fourth-order valence-electron chi connectivity index (χ4n) is 6.28. The Morgan fingerprint density at radius 1 is 0.825 bits per heavy atom. The number of carbonyl (C=O) groups is 1. The molecule has 1 heterocycles. The molecule has 8 nitrogen and oxygen atoms in total. The number of rotatable bonds is 9. The zero-order valence-corrected chi connectivity index (χ0v) is 23.3. The van der Waals surface area contributed by atoms with Gasteiger partial charge in [-0.25, -0.2) is 0 Å². The summed E-state index contributed by atoms with van der Waals surface area (Å²) in [7, 11) is 0. The summed E-state index contributed by atoms with van der Waals surface area (Å²) in [5, 5.41) is 31.3. The molecule has 1 aliphatic heterocycles. The molecule has 0 spiro atoms. The third kappa shape index (κ3) is 7.33. The second kappa shape index (κ2) is 13.0. The van der Waals surface area contributed by atoms with E-state index in [2.05, 4.69) is 0 Å². The van der Waals surface area contributed by atoms with E-state index >= 15 is 0 Å². The van der Waals surface area contributed by atoms with Gasteiger partial charge in [0.1, 0.15) is 6.10 Å². The number of esters is 1. The van der Waals surface area contributed by atoms with Crippen LogP contribution in [0.5, 0.6) is 28.7 Å². The van der Waals surface area contributed by atoms with Crippen LogP contribution in [-0.4, -0.2) is 45.7 Å². The van der Waals surface area contributed by atoms with Crippen molar-refractivity contribution in [3.63, 3.8) is 0 Å². The number of phenolic OH excluding ortho intramolecular Hbond substituents is 3. The maximum absolute atomic E-state index is 11.8. The fourth-order valence-corrected chi connectivity index (χ4v) is 6.28. The highest BCUT2D eigenvalue weighted by molar-refractivity contribution is 5.66. The highest BCUT2D eigenvalue weighted by Crippen LogP contribution is 2.43. The highest BCUT2D eigenvalue weighted by Gasteiger charge is 2.33. The summed E-state index contributed by atoms with van der Waals surface area (Å²) >= 11 is 0. The summed E-state index contributed by atoms with van der Waals surface area (Å²) in [6.45, 7) is 1.41. The van der Waals surface area contributed by atoms with Crippen molar-refractivity contribution in [3.05, 3.63) is 41.5 Å². The first-order chi connectivity index (χ1) is 19.3. The summed E-state index contributed by atoms with van der Waals surface area (Å²) in [5.74, 6) is 0.0767. The van der Waals surface area contributed by atoms with Gasteiger partial charge in [-0.15, -0.1) is 0 Å². The minimum absolute atomic E-state index is 0.0102. The van der Waals surface area contributed by atoms with Gasteiger partial charge in [-0.1, -0.05) is 12.5 Å². The van der Waals surface area contributed by atoms with Crippen LogP contribution < -0.4 is 9.47 Å². The molecule has 0 amide bonds. The zero-order chi connectivity index (χ0) is 28.1. The van der Waals surface area contributed by atoms with Crippen LogP contribution >= 0.6 is 0 Å². The van der Waals surface area contributed by atoms with Crippen molar-refractivity contribution in [3.8, 4) is 28.7 Å². The van der Waals surface area contributed by atoms with E-state index in [0.29, 0.717) is 37.0 Å². The number of benzene rings is 2. The molecular formula is C32H42O8. The standard InChI is InChI=1S/C32H42O8/c1-20(33)37-26-18-25(13-11-21-12-14-27(34)30(15-21)38-23-9-5-6-10-23)40-29(19-26)22-16-28(35)32(36)31(17-22)39-24-7-3-2-4-8-24/h12,14-17,23-26,29,34-36H,2-11,13,18-19H2,1H3/t25-,26+,29-/m0/s1. The van der Waals surface area contributed by atoms with Gasteiger partial charge in [-0.05, 0) is 99.6 Å². The SMILES string of the molecule is CC(=O)O[C@@H]1C[C@H](CCc2ccc(O)c(OC3CCCC3)c2)O[C@H](c2cc(O)c(O)c(OC3CCCCC3)c2)C1. The minimum atomic E-state index is -0.440. The van der Waals surface area contributed by atoms with Crippen LogP contribution in [0.3, 0.4) is 0 Å². The number of phenols is 3. The first-order valence-corrected chi connectivity index (χ1v) is 14.9. The zero-order valence-electron chi connectivity index (χ0n) is 23.3. The third-order valence-electron chi connectivity index (χ3n) is 8.36. The number of aromatic hydroxyl groups is 3. The van der Waals surface area contributed by atoms with Crippen molar-refractivity contribution in [1.82, 2.24) is 0 Å². The van der Waals surface area contributed by atoms with Crippen molar-refractivity contribution in [2.45, 2.75) is 121 Å². The lowest BCUT2D eigenvalue weighted by molar-refractivity contribution is -0.160. The van der Waals surface area contributed by atoms with E-state index in [1.165, 1.54) is 19.4 Å². The van der Waals surface area contributed by atoms with Crippen LogP contribution in [0.2, 0.25) is 0 Å². The Hall–Kier alpha value is -3.13. The van der Waals surface area contributed by atoms with Crippen LogP contribution in [0.4, 0.5) is 0 Å². The third-order valence-corrected chi connectivity index (χ3v) is 8.36. The number of hydrogen-bond acceptors (Lipinski definition) is 8. The molecule has 0 radical (unpaired) electrons. The molecule has 0 unspecified atom stereocenters. The molecule has 0 bridgehead atoms. The molecule has 2 saturated carbocycles. The number of hydrogen-bond donors (Lipinski definition) is 3. The second-order valence-electron chi connectivity index (χ2n) is 11.6. The number of carbonyl (C=O) groups excluding carboxylic acids is 1. The topological polar surface area (TPSA) is 115 Å². The first-order valence-electron chi connectivity index (χ1n) is 14.9. The van der Waals surface area contributed by atoms with E-state index in [4.69, 9.17) is 18.9 Å². The van der Waals surface area contributed by atoms with Gasteiger partial charge in [0, 0.05) is 19.8 Å². The van der Waals surface area contributed by atoms with Crippen molar-refractivity contribution < 1.29 is 39.1 Å². The molecule has 1 saturated heterocycles. The molecule has 3 atom stereocenters. The average molecular weight is 555 g/mol. The Morgan fingerprint density at radius 3 is 2.20 bits per heavy atom. The largest absolute Gasteiger partial charge is 0.504 e. The van der Waals surface area contributed by atoms with Gasteiger partial charge < -0.3 is 34.3 Å². The summed E-state index contributed by atoms with van der Waals surface area (Å²) in [6, 6.07) is 8.73. The summed E-state index contributed by atoms with van der Waals surface area (Å²) in [6.07, 6.45) is 11.1. The smallest absolute Gasteiger partial charge is 0.302 e. The molecule has 2 aliphatic carbocycles. The fraction of sp³-hybridized carbons (Fsp3) is 0.594. The maximum atomic E-state index is 11.8. The summed E-state index contributed by atoms with van der Waals surface area (Å²) in [5.41, 5.74) is 1.71. The van der Waals surface area contributed by atoms with E-state index in [9.17, 15) is 20.1 Å². The normalized spacial score (nSPS) is 24.1. The molecule has 218 valence electrons. The first kappa shape index (κ1) is 28.4. The molecular weight excluding hydrogens is 512 g/mol. The maximum Gasteiger partial charge on any atom is 0.302 e. The number of ether oxygens (including phenoxy) is 4. The van der Waals surface area contributed by atoms with Crippen molar-refractivity contribution >= 4 is 5.97 Å². The van der Waals surface area contributed by atoms with Crippen LogP contribution in [0.15, 0.2) is 30.3 Å². The lowest BCUT2D eigenvalue weighted by atomic mass is 9.92. The predicted molar refractivity (Wildman–Crippen MR) is 149 cm³/mol. The average Bonchev–Trinajstić information content (AvgIpc) is 3.45. The Labute approximate surface area is 236 Å². The van der Waals surface area contributed by atoms with Crippen LogP contribution in [-0.2, 0) is 20.7 Å². The summed E-state index contributed by atoms with van der Waals surface area (Å²) < 4.78 is 24.3. The second-order valence-corrected chi connectivity index (χ2v) is 11.6. The highest BCUT2D eigenvalue weighted by atomic mass is 16.6. The quantitative estimate of drug-likeness (QED) is 0.234. The van der Waals surface area contributed by atoms with Crippen LogP contribution in [0.1, 0.15) is 101 Å². The summed E-state index contributed by atoms with van der Waals surface area (Å²) in [4.78, 5) is 11.8. The van der Waals surface area contributed by atoms with Crippen molar-refractivity contribution in [1.29, 1.82) is 0 Å². The van der Waals surface area contributed by atoms with E-state index in [1.807, 2.05) is 12.1 Å². The van der Waals surface area contributed by atoms with E-state index in [1.54, 1.807) is 12.1 Å². The van der Waals surface area contributed by atoms with Gasteiger partial charge >= 0.3 is 5.97 Å². The van der Waals surface area contributed by atoms with Crippen LogP contribution in [0, 0.1) is 0 Å². The Morgan fingerprint density at radius 2 is 1.50 bits per heavy atom. The van der Waals surface area contributed by atoms with Gasteiger partial charge in [-0.3, -0.25) is 4.79 Å². The van der Waals surface area contributed by atoms with E-state index < -0.39 is 6.10 Å². The molecule has 2 aromatic carbocycles. The molecule has 8 heteroatoms. The van der Waals surface area contributed by atoms with Crippen molar-refractivity contribution in [2.24, 2.45) is 0 Å². The van der Waals surface area contributed by atoms with E-state index in [-0.39, 0.29) is 53.4 Å². The molecule has 3 aliphatic rings. The van der Waals surface area contributed by atoms with Gasteiger partial charge in [0.25, 0.3) is 0 Å². The monoisotopic (exact) mass is 554 g/mol. The molecule has 3 N–H and O–H groups in total. The van der Waals surface area contributed by atoms with Gasteiger partial charge in [0.15, 0.2) is 23.0 Å². The lowest BCUT2D eigenvalue weighted by Gasteiger charge is -2.35. The minimum Gasteiger partial charge on any atom is -0.504 e. The molecule has 5 rings (SSSR count). The Bertz CT molecular complexity index is 1150. The van der Waals surface area contributed by atoms with E-state index in [0.717, 1.165) is 56.9 Å². The van der Waals surface area contributed by atoms with Gasteiger partial charge in [-0.2, -0.15) is 0 Å². The molecule has 3 fully saturated rings. The van der Waals surface area contributed by atoms with Gasteiger partial charge in [0.05, 0.1) is 24.4 Å². The molecule has 2 aromatic rings. The Kier molecular flexibility index (Phi) is 9.25.